The van der Waals surface area contributed by atoms with Gasteiger partial charge in [-0.3, -0.25) is 10.1 Å². The molecule has 1 amide bonds. The third-order valence-corrected chi connectivity index (χ3v) is 2.62. The van der Waals surface area contributed by atoms with Crippen LogP contribution in [0.15, 0.2) is 49.1 Å². The molecule has 0 aliphatic rings. The number of aromatic amines is 1. The zero-order valence-corrected chi connectivity index (χ0v) is 10.8. The quantitative estimate of drug-likeness (QED) is 0.670. The Kier molecular flexibility index (Phi) is 3.50. The van der Waals surface area contributed by atoms with Crippen LogP contribution in [0.2, 0.25) is 0 Å². The molecule has 3 N–H and O–H groups in total. The number of hydrogen-bond acceptors (Lipinski definition) is 6. The van der Waals surface area contributed by atoms with Crippen molar-refractivity contribution in [1.82, 2.24) is 25.1 Å². The molecule has 8 heteroatoms. The fraction of sp³-hybridized carbons (Fsp3) is 0. The minimum atomic E-state index is -0.269. The van der Waals surface area contributed by atoms with Crippen LogP contribution >= 0.6 is 0 Å². The van der Waals surface area contributed by atoms with Gasteiger partial charge in [0.15, 0.2) is 0 Å². The number of aromatic nitrogens is 5. The van der Waals surface area contributed by atoms with E-state index in [1.807, 2.05) is 0 Å². The molecule has 3 aromatic rings. The molecule has 0 radical (unpaired) electrons. The Hall–Kier alpha value is -3.29. The first-order valence-corrected chi connectivity index (χ1v) is 6.12. The number of nitrogens with one attached hydrogen (secondary N) is 3. The summed E-state index contributed by atoms with van der Waals surface area (Å²) in [7, 11) is 0. The molecule has 8 nitrogen and oxygen atoms in total. The topological polar surface area (TPSA) is 108 Å². The Morgan fingerprint density at radius 1 is 1.05 bits per heavy atom. The summed E-state index contributed by atoms with van der Waals surface area (Å²) in [6.45, 7) is 0. The summed E-state index contributed by atoms with van der Waals surface area (Å²) in [5, 5.41) is 11.8. The van der Waals surface area contributed by atoms with E-state index >= 15 is 0 Å². The molecule has 0 aliphatic carbocycles. The second-order valence-corrected chi connectivity index (χ2v) is 4.06. The van der Waals surface area contributed by atoms with Crippen LogP contribution in [0.4, 0.5) is 17.6 Å². The van der Waals surface area contributed by atoms with E-state index in [0.717, 1.165) is 5.69 Å². The number of rotatable bonds is 4. The number of hydrogen-bond donors (Lipinski definition) is 3. The van der Waals surface area contributed by atoms with Crippen LogP contribution in [0.3, 0.4) is 0 Å². The third-order valence-electron chi connectivity index (χ3n) is 2.62. The number of benzene rings is 1. The molecule has 0 saturated heterocycles. The Morgan fingerprint density at radius 3 is 2.48 bits per heavy atom. The van der Waals surface area contributed by atoms with Gasteiger partial charge in [-0.05, 0) is 30.3 Å². The van der Waals surface area contributed by atoms with Crippen molar-refractivity contribution in [1.29, 1.82) is 0 Å². The molecule has 0 aliphatic heterocycles. The Balaban J connectivity index is 1.68. The molecule has 3 rings (SSSR count). The largest absolute Gasteiger partial charge is 0.324 e. The lowest BCUT2D eigenvalue weighted by Gasteiger charge is -2.05. The van der Waals surface area contributed by atoms with Crippen LogP contribution in [0.1, 0.15) is 10.4 Å². The summed E-state index contributed by atoms with van der Waals surface area (Å²) in [6.07, 6.45) is 4.62. The monoisotopic (exact) mass is 281 g/mol. The second kappa shape index (κ2) is 5.78. The number of carbonyl (C=O) groups excluding carboxylic acids is 1. The Morgan fingerprint density at radius 2 is 1.81 bits per heavy atom. The molecule has 0 unspecified atom stereocenters. The normalized spacial score (nSPS) is 10.1. The molecule has 0 atom stereocenters. The van der Waals surface area contributed by atoms with Gasteiger partial charge in [-0.25, -0.2) is 15.1 Å². The molecule has 21 heavy (non-hydrogen) atoms. The lowest BCUT2D eigenvalue weighted by Crippen LogP contribution is -2.12. The second-order valence-electron chi connectivity index (χ2n) is 4.06. The fourth-order valence-electron chi connectivity index (χ4n) is 1.64. The molecule has 0 fully saturated rings. The van der Waals surface area contributed by atoms with E-state index in [1.54, 1.807) is 42.7 Å². The van der Waals surface area contributed by atoms with Gasteiger partial charge < -0.3 is 5.32 Å². The zero-order chi connectivity index (χ0) is 14.5. The summed E-state index contributed by atoms with van der Waals surface area (Å²) in [6, 6.07) is 8.66. The van der Waals surface area contributed by atoms with Crippen LogP contribution in [0.5, 0.6) is 0 Å². The van der Waals surface area contributed by atoms with Gasteiger partial charge in [0.1, 0.15) is 6.33 Å². The van der Waals surface area contributed by atoms with E-state index in [0.29, 0.717) is 17.5 Å². The highest BCUT2D eigenvalue weighted by molar-refractivity contribution is 6.03. The Labute approximate surface area is 119 Å². The number of anilines is 3. The predicted molar refractivity (Wildman–Crippen MR) is 76.1 cm³/mol. The van der Waals surface area contributed by atoms with E-state index in [1.165, 1.54) is 6.33 Å². The van der Waals surface area contributed by atoms with E-state index < -0.39 is 0 Å². The maximum absolute atomic E-state index is 11.9. The van der Waals surface area contributed by atoms with Gasteiger partial charge in [-0.15, -0.1) is 0 Å². The van der Waals surface area contributed by atoms with Gasteiger partial charge in [0.25, 0.3) is 5.91 Å². The standard InChI is InChI=1S/C13H11N7O/c21-11(19-13-16-8-17-20-13)9-2-4-10(5-3-9)18-12-14-6-1-7-15-12/h1-8H,(H,14,15,18)(H2,16,17,19,20,21). The van der Waals surface area contributed by atoms with Gasteiger partial charge in [0, 0.05) is 23.6 Å². The minimum absolute atomic E-state index is 0.269. The van der Waals surface area contributed by atoms with Crippen LogP contribution in [-0.2, 0) is 0 Å². The highest BCUT2D eigenvalue weighted by atomic mass is 16.1. The molecule has 2 aromatic heterocycles. The number of H-pyrrole nitrogens is 1. The van der Waals surface area contributed by atoms with Crippen molar-refractivity contribution < 1.29 is 4.79 Å². The van der Waals surface area contributed by atoms with Crippen molar-refractivity contribution in [2.75, 3.05) is 10.6 Å². The molecule has 0 spiro atoms. The number of carbonyl (C=O) groups is 1. The van der Waals surface area contributed by atoms with Crippen molar-refractivity contribution in [3.05, 3.63) is 54.6 Å². The Bertz CT molecular complexity index is 710. The van der Waals surface area contributed by atoms with Gasteiger partial charge in [0.2, 0.25) is 11.9 Å². The molecule has 104 valence electrons. The van der Waals surface area contributed by atoms with Crippen LogP contribution < -0.4 is 10.6 Å². The maximum Gasteiger partial charge on any atom is 0.258 e. The van der Waals surface area contributed by atoms with Gasteiger partial charge in [-0.1, -0.05) is 0 Å². The van der Waals surface area contributed by atoms with Crippen molar-refractivity contribution in [3.8, 4) is 0 Å². The first kappa shape index (κ1) is 12.7. The average molecular weight is 281 g/mol. The van der Waals surface area contributed by atoms with E-state index in [-0.39, 0.29) is 5.91 Å². The molecule has 1 aromatic carbocycles. The smallest absolute Gasteiger partial charge is 0.258 e. The lowest BCUT2D eigenvalue weighted by atomic mass is 10.2. The first-order valence-electron chi connectivity index (χ1n) is 6.12. The van der Waals surface area contributed by atoms with Crippen molar-refractivity contribution in [3.63, 3.8) is 0 Å². The summed E-state index contributed by atoms with van der Waals surface area (Å²) in [4.78, 5) is 23.9. The van der Waals surface area contributed by atoms with E-state index in [2.05, 4.69) is 35.8 Å². The highest BCUT2D eigenvalue weighted by Crippen LogP contribution is 2.14. The van der Waals surface area contributed by atoms with Crippen LogP contribution in [0.25, 0.3) is 0 Å². The predicted octanol–water partition coefficient (Wildman–Crippen LogP) is 1.59. The lowest BCUT2D eigenvalue weighted by molar-refractivity contribution is 0.102. The summed E-state index contributed by atoms with van der Waals surface area (Å²) in [5.41, 5.74) is 1.29. The SMILES string of the molecule is O=C(Nc1ncn[nH]1)c1ccc(Nc2ncccn2)cc1. The molecule has 0 bridgehead atoms. The van der Waals surface area contributed by atoms with E-state index in [9.17, 15) is 4.79 Å². The van der Waals surface area contributed by atoms with E-state index in [4.69, 9.17) is 0 Å². The third kappa shape index (κ3) is 3.18. The summed E-state index contributed by atoms with van der Waals surface area (Å²) < 4.78 is 0. The van der Waals surface area contributed by atoms with Crippen LogP contribution in [-0.4, -0.2) is 31.1 Å². The summed E-state index contributed by atoms with van der Waals surface area (Å²) >= 11 is 0. The number of amides is 1. The minimum Gasteiger partial charge on any atom is -0.324 e. The van der Waals surface area contributed by atoms with Gasteiger partial charge in [0.05, 0.1) is 0 Å². The van der Waals surface area contributed by atoms with Crippen molar-refractivity contribution in [2.45, 2.75) is 0 Å². The van der Waals surface area contributed by atoms with Crippen molar-refractivity contribution >= 4 is 23.5 Å². The van der Waals surface area contributed by atoms with Gasteiger partial charge in [-0.2, -0.15) is 10.1 Å². The molecular weight excluding hydrogens is 270 g/mol. The zero-order valence-electron chi connectivity index (χ0n) is 10.8. The molecular formula is C13H11N7O. The number of nitrogens with zero attached hydrogens (tertiary/aromatic N) is 4. The van der Waals surface area contributed by atoms with Crippen molar-refractivity contribution in [2.24, 2.45) is 0 Å². The summed E-state index contributed by atoms with van der Waals surface area (Å²) in [5.74, 6) is 0.533. The average Bonchev–Trinajstić information content (AvgIpc) is 3.02. The highest BCUT2D eigenvalue weighted by Gasteiger charge is 2.07. The maximum atomic E-state index is 11.9. The fourth-order valence-corrected chi connectivity index (χ4v) is 1.64. The van der Waals surface area contributed by atoms with Crippen LogP contribution in [0, 0.1) is 0 Å². The van der Waals surface area contributed by atoms with Gasteiger partial charge >= 0.3 is 0 Å². The molecule has 0 saturated carbocycles. The molecule has 2 heterocycles. The first-order chi connectivity index (χ1) is 10.3.